The first kappa shape index (κ1) is 15.6. The minimum absolute atomic E-state index is 0.0269. The Kier molecular flexibility index (Phi) is 5.89. The highest BCUT2D eigenvalue weighted by atomic mass is 32.2. The summed E-state index contributed by atoms with van der Waals surface area (Å²) in [6, 6.07) is 5.76. The first-order chi connectivity index (χ1) is 8.99. The quantitative estimate of drug-likeness (QED) is 0.814. The maximum absolute atomic E-state index is 12.4. The summed E-state index contributed by atoms with van der Waals surface area (Å²) in [6.07, 6.45) is 1.93. The molecule has 1 amide bonds. The van der Waals surface area contributed by atoms with Gasteiger partial charge in [0.2, 0.25) is 0 Å². The molecule has 0 atom stereocenters. The molecule has 0 radical (unpaired) electrons. The minimum atomic E-state index is -0.888. The molecule has 104 valence electrons. The number of benzene rings is 1. The molecule has 1 N–H and O–H groups in total. The van der Waals surface area contributed by atoms with Crippen LogP contribution >= 0.6 is 11.8 Å². The van der Waals surface area contributed by atoms with Crippen molar-refractivity contribution in [3.05, 3.63) is 29.3 Å². The van der Waals surface area contributed by atoms with Gasteiger partial charge in [0.25, 0.3) is 5.91 Å². The van der Waals surface area contributed by atoms with Gasteiger partial charge < -0.3 is 10.0 Å². The van der Waals surface area contributed by atoms with Crippen molar-refractivity contribution in [2.45, 2.75) is 25.2 Å². The van der Waals surface area contributed by atoms with E-state index in [1.807, 2.05) is 38.3 Å². The molecule has 0 aromatic heterocycles. The Balaban J connectivity index is 2.93. The van der Waals surface area contributed by atoms with Crippen molar-refractivity contribution in [3.8, 4) is 0 Å². The Labute approximate surface area is 117 Å². The van der Waals surface area contributed by atoms with Crippen LogP contribution in [0.25, 0.3) is 0 Å². The van der Waals surface area contributed by atoms with Gasteiger partial charge in [-0.25, -0.2) is 0 Å². The first-order valence-electron chi connectivity index (χ1n) is 6.15. The molecule has 0 fully saturated rings. The summed E-state index contributed by atoms with van der Waals surface area (Å²) >= 11 is 1.58. The Morgan fingerprint density at radius 3 is 2.58 bits per heavy atom. The minimum Gasteiger partial charge on any atom is -0.481 e. The summed E-state index contributed by atoms with van der Waals surface area (Å²) in [7, 11) is 0. The molecule has 0 heterocycles. The average molecular weight is 281 g/mol. The third-order valence-electron chi connectivity index (χ3n) is 2.94. The van der Waals surface area contributed by atoms with Gasteiger partial charge in [-0.2, -0.15) is 0 Å². The average Bonchev–Trinajstić information content (AvgIpc) is 2.39. The van der Waals surface area contributed by atoms with E-state index in [0.717, 1.165) is 10.5 Å². The normalized spacial score (nSPS) is 10.3. The van der Waals surface area contributed by atoms with Crippen molar-refractivity contribution in [2.24, 2.45) is 0 Å². The highest BCUT2D eigenvalue weighted by Crippen LogP contribution is 2.20. The summed E-state index contributed by atoms with van der Waals surface area (Å²) in [4.78, 5) is 25.6. The van der Waals surface area contributed by atoms with Gasteiger partial charge in [-0.05, 0) is 37.8 Å². The maximum atomic E-state index is 12.4. The smallest absolute Gasteiger partial charge is 0.305 e. The van der Waals surface area contributed by atoms with Gasteiger partial charge in [0, 0.05) is 23.5 Å². The predicted octanol–water partition coefficient (Wildman–Crippen LogP) is 2.65. The van der Waals surface area contributed by atoms with Crippen molar-refractivity contribution in [1.29, 1.82) is 0 Å². The third kappa shape index (κ3) is 4.28. The Bertz CT molecular complexity index is 474. The number of hydrogen-bond donors (Lipinski definition) is 1. The van der Waals surface area contributed by atoms with Crippen LogP contribution in [0.3, 0.4) is 0 Å². The molecule has 1 aromatic carbocycles. The third-order valence-corrected chi connectivity index (χ3v) is 3.67. The number of rotatable bonds is 6. The summed E-state index contributed by atoms with van der Waals surface area (Å²) in [5, 5.41) is 8.71. The number of carbonyl (C=O) groups excluding carboxylic acids is 1. The van der Waals surface area contributed by atoms with Crippen molar-refractivity contribution < 1.29 is 14.7 Å². The predicted molar refractivity (Wildman–Crippen MR) is 76.8 cm³/mol. The second-order valence-electron chi connectivity index (χ2n) is 4.21. The van der Waals surface area contributed by atoms with Crippen molar-refractivity contribution >= 4 is 23.6 Å². The summed E-state index contributed by atoms with van der Waals surface area (Å²) in [6.45, 7) is 4.50. The van der Waals surface area contributed by atoms with Gasteiger partial charge in [0.05, 0.1) is 6.42 Å². The molecular formula is C14H19NO3S. The van der Waals surface area contributed by atoms with E-state index in [4.69, 9.17) is 5.11 Å². The van der Waals surface area contributed by atoms with E-state index < -0.39 is 5.97 Å². The fourth-order valence-electron chi connectivity index (χ4n) is 1.76. The highest BCUT2D eigenvalue weighted by molar-refractivity contribution is 7.98. The molecule has 4 nitrogen and oxygen atoms in total. The molecular weight excluding hydrogens is 262 g/mol. The number of carboxylic acids is 1. The number of aryl methyl sites for hydroxylation is 1. The summed E-state index contributed by atoms with van der Waals surface area (Å²) in [5.74, 6) is -0.988. The molecule has 0 aliphatic carbocycles. The van der Waals surface area contributed by atoms with Crippen molar-refractivity contribution in [2.75, 3.05) is 19.3 Å². The van der Waals surface area contributed by atoms with Crippen LogP contribution < -0.4 is 0 Å². The lowest BCUT2D eigenvalue weighted by atomic mass is 10.1. The van der Waals surface area contributed by atoms with Crippen LogP contribution in [-0.4, -0.2) is 41.2 Å². The van der Waals surface area contributed by atoms with E-state index in [-0.39, 0.29) is 18.9 Å². The largest absolute Gasteiger partial charge is 0.481 e. The molecule has 0 unspecified atom stereocenters. The summed E-state index contributed by atoms with van der Waals surface area (Å²) < 4.78 is 0. The zero-order valence-corrected chi connectivity index (χ0v) is 12.3. The van der Waals surface area contributed by atoms with E-state index in [1.54, 1.807) is 16.7 Å². The van der Waals surface area contributed by atoms with E-state index >= 15 is 0 Å². The van der Waals surface area contributed by atoms with Crippen molar-refractivity contribution in [1.82, 2.24) is 4.90 Å². The molecule has 0 spiro atoms. The van der Waals surface area contributed by atoms with Gasteiger partial charge in [-0.3, -0.25) is 9.59 Å². The topological polar surface area (TPSA) is 57.6 Å². The number of carbonyl (C=O) groups is 2. The number of thioether (sulfide) groups is 1. The van der Waals surface area contributed by atoms with Gasteiger partial charge >= 0.3 is 5.97 Å². The number of nitrogens with zero attached hydrogens (tertiary/aromatic N) is 1. The second kappa shape index (κ2) is 7.19. The van der Waals surface area contributed by atoms with Gasteiger partial charge in [-0.1, -0.05) is 6.07 Å². The van der Waals surface area contributed by atoms with E-state index in [2.05, 4.69) is 0 Å². The monoisotopic (exact) mass is 281 g/mol. The zero-order chi connectivity index (χ0) is 14.4. The molecule has 0 bridgehead atoms. The molecule has 0 saturated heterocycles. The molecule has 19 heavy (non-hydrogen) atoms. The van der Waals surface area contributed by atoms with Crippen LogP contribution in [0.2, 0.25) is 0 Å². The van der Waals surface area contributed by atoms with Gasteiger partial charge in [-0.15, -0.1) is 11.8 Å². The van der Waals surface area contributed by atoms with Crippen LogP contribution in [0.1, 0.15) is 29.3 Å². The maximum Gasteiger partial charge on any atom is 0.305 e. The molecule has 0 saturated carbocycles. The summed E-state index contributed by atoms with van der Waals surface area (Å²) in [5.41, 5.74) is 1.57. The number of amides is 1. The highest BCUT2D eigenvalue weighted by Gasteiger charge is 2.17. The second-order valence-corrected chi connectivity index (χ2v) is 5.09. The lowest BCUT2D eigenvalue weighted by Crippen LogP contribution is -2.33. The molecule has 0 aliphatic rings. The molecule has 5 heteroatoms. The van der Waals surface area contributed by atoms with Crippen LogP contribution in [0.4, 0.5) is 0 Å². The molecule has 1 aromatic rings. The van der Waals surface area contributed by atoms with Crippen LogP contribution in [0, 0.1) is 6.92 Å². The van der Waals surface area contributed by atoms with E-state index in [9.17, 15) is 9.59 Å². The fraction of sp³-hybridized carbons (Fsp3) is 0.429. The van der Waals surface area contributed by atoms with Crippen molar-refractivity contribution in [3.63, 3.8) is 0 Å². The number of aliphatic carboxylic acids is 1. The fourth-order valence-corrected chi connectivity index (χ4v) is 2.20. The number of hydrogen-bond acceptors (Lipinski definition) is 3. The van der Waals surface area contributed by atoms with Gasteiger partial charge in [0.1, 0.15) is 0 Å². The van der Waals surface area contributed by atoms with E-state index in [1.165, 1.54) is 0 Å². The first-order valence-corrected chi connectivity index (χ1v) is 7.37. The van der Waals surface area contributed by atoms with Crippen LogP contribution in [-0.2, 0) is 4.79 Å². The van der Waals surface area contributed by atoms with Crippen LogP contribution in [0.5, 0.6) is 0 Å². The lowest BCUT2D eigenvalue weighted by Gasteiger charge is -2.21. The number of carboxylic acid groups (broad SMARTS) is 1. The molecule has 0 aliphatic heterocycles. The lowest BCUT2D eigenvalue weighted by molar-refractivity contribution is -0.137. The van der Waals surface area contributed by atoms with E-state index in [0.29, 0.717) is 12.1 Å². The Morgan fingerprint density at radius 2 is 2.05 bits per heavy atom. The zero-order valence-electron chi connectivity index (χ0n) is 11.5. The van der Waals surface area contributed by atoms with Gasteiger partial charge in [0.15, 0.2) is 0 Å². The van der Waals surface area contributed by atoms with Crippen LogP contribution in [0.15, 0.2) is 23.1 Å². The Hall–Kier alpha value is -1.49. The Morgan fingerprint density at radius 1 is 1.37 bits per heavy atom. The standard InChI is InChI=1S/C14H19NO3S/c1-4-15(8-7-13(16)17)14(18)12-9-11(19-3)6-5-10(12)2/h5-6,9H,4,7-8H2,1-3H3,(H,16,17). The molecule has 1 rings (SSSR count). The SMILES string of the molecule is CCN(CCC(=O)O)C(=O)c1cc(SC)ccc1C.